The maximum atomic E-state index is 10.9. The zero-order chi connectivity index (χ0) is 14.7. The lowest BCUT2D eigenvalue weighted by molar-refractivity contribution is 0.0690. The molecule has 0 aliphatic heterocycles. The highest BCUT2D eigenvalue weighted by molar-refractivity contribution is 5.85. The van der Waals surface area contributed by atoms with E-state index in [0.717, 1.165) is 16.5 Å². The van der Waals surface area contributed by atoms with Crippen molar-refractivity contribution in [1.29, 1.82) is 0 Å². The number of hydrogen-bond donors (Lipinski definition) is 1. The summed E-state index contributed by atoms with van der Waals surface area (Å²) in [6, 6.07) is 18.7. The molecule has 0 bridgehead atoms. The van der Waals surface area contributed by atoms with Crippen LogP contribution in [0.15, 0.2) is 60.7 Å². The lowest BCUT2D eigenvalue weighted by atomic mass is 10.1. The quantitative estimate of drug-likeness (QED) is 0.794. The van der Waals surface area contributed by atoms with Crippen LogP contribution in [0.2, 0.25) is 0 Å². The molecule has 1 aromatic heterocycles. The first-order valence-corrected chi connectivity index (χ1v) is 6.53. The van der Waals surface area contributed by atoms with Crippen LogP contribution in [-0.4, -0.2) is 16.1 Å². The summed E-state index contributed by atoms with van der Waals surface area (Å²) in [7, 11) is 0. The second-order valence-corrected chi connectivity index (χ2v) is 4.62. The van der Waals surface area contributed by atoms with E-state index in [1.807, 2.05) is 42.5 Å². The van der Waals surface area contributed by atoms with Crippen LogP contribution < -0.4 is 4.74 Å². The van der Waals surface area contributed by atoms with Gasteiger partial charge in [-0.1, -0.05) is 36.4 Å². The molecule has 2 aromatic carbocycles. The monoisotopic (exact) mass is 279 g/mol. The van der Waals surface area contributed by atoms with Gasteiger partial charge in [-0.25, -0.2) is 9.78 Å². The molecule has 21 heavy (non-hydrogen) atoms. The number of rotatable bonds is 4. The highest BCUT2D eigenvalue weighted by Crippen LogP contribution is 2.21. The van der Waals surface area contributed by atoms with Crippen LogP contribution in [0.1, 0.15) is 16.2 Å². The molecular formula is C17H13NO3. The fourth-order valence-corrected chi connectivity index (χ4v) is 2.09. The summed E-state index contributed by atoms with van der Waals surface area (Å²) in [6.45, 7) is 0.236. The summed E-state index contributed by atoms with van der Waals surface area (Å²) in [5.41, 5.74) is 0.609. The minimum atomic E-state index is -1.04. The van der Waals surface area contributed by atoms with Gasteiger partial charge in [0.1, 0.15) is 18.1 Å². The molecular weight excluding hydrogens is 266 g/mol. The Morgan fingerprint density at radius 3 is 2.62 bits per heavy atom. The van der Waals surface area contributed by atoms with Crippen molar-refractivity contribution in [1.82, 2.24) is 4.98 Å². The number of ether oxygens (including phenoxy) is 1. The van der Waals surface area contributed by atoms with Gasteiger partial charge in [0.25, 0.3) is 0 Å². The predicted molar refractivity (Wildman–Crippen MR) is 79.5 cm³/mol. The summed E-state index contributed by atoms with van der Waals surface area (Å²) in [5.74, 6) is -0.307. The molecule has 0 radical (unpaired) electrons. The first-order chi connectivity index (χ1) is 10.2. The maximum absolute atomic E-state index is 10.9. The molecule has 3 rings (SSSR count). The number of aromatic nitrogens is 1. The zero-order valence-corrected chi connectivity index (χ0v) is 11.2. The molecule has 0 spiro atoms. The van der Waals surface area contributed by atoms with E-state index < -0.39 is 5.97 Å². The van der Waals surface area contributed by atoms with Gasteiger partial charge in [0.2, 0.25) is 0 Å². The summed E-state index contributed by atoms with van der Waals surface area (Å²) >= 11 is 0. The van der Waals surface area contributed by atoms with Gasteiger partial charge in [-0.2, -0.15) is 0 Å². The molecule has 1 N–H and O–H groups in total. The first kappa shape index (κ1) is 13.1. The molecule has 0 saturated carbocycles. The number of pyridine rings is 1. The predicted octanol–water partition coefficient (Wildman–Crippen LogP) is 3.51. The largest absolute Gasteiger partial charge is 0.487 e. The van der Waals surface area contributed by atoms with Crippen molar-refractivity contribution in [2.24, 2.45) is 0 Å². The zero-order valence-electron chi connectivity index (χ0n) is 11.2. The maximum Gasteiger partial charge on any atom is 0.354 e. The molecule has 0 aliphatic carbocycles. The summed E-state index contributed by atoms with van der Waals surface area (Å²) in [5, 5.41) is 11.2. The Balaban J connectivity index is 1.77. The third kappa shape index (κ3) is 3.00. The van der Waals surface area contributed by atoms with Crippen molar-refractivity contribution in [3.8, 4) is 5.75 Å². The van der Waals surface area contributed by atoms with E-state index in [1.54, 1.807) is 12.1 Å². The van der Waals surface area contributed by atoms with Gasteiger partial charge in [-0.15, -0.1) is 0 Å². The van der Waals surface area contributed by atoms with E-state index in [-0.39, 0.29) is 12.3 Å². The highest BCUT2D eigenvalue weighted by Gasteiger charge is 2.05. The van der Waals surface area contributed by atoms with Gasteiger partial charge in [-0.3, -0.25) is 0 Å². The van der Waals surface area contributed by atoms with E-state index in [4.69, 9.17) is 9.84 Å². The van der Waals surface area contributed by atoms with Crippen molar-refractivity contribution in [3.05, 3.63) is 72.1 Å². The van der Waals surface area contributed by atoms with Crippen LogP contribution in [0.3, 0.4) is 0 Å². The van der Waals surface area contributed by atoms with E-state index >= 15 is 0 Å². The Labute approximate surface area is 121 Å². The number of carboxylic acids is 1. The van der Waals surface area contributed by atoms with Gasteiger partial charge >= 0.3 is 5.97 Å². The van der Waals surface area contributed by atoms with Crippen LogP contribution >= 0.6 is 0 Å². The summed E-state index contributed by atoms with van der Waals surface area (Å²) in [6.07, 6.45) is 0. The van der Waals surface area contributed by atoms with Crippen molar-refractivity contribution in [2.45, 2.75) is 6.61 Å². The van der Waals surface area contributed by atoms with Gasteiger partial charge in [-0.05, 0) is 35.0 Å². The minimum absolute atomic E-state index is 0.0228. The Bertz CT molecular complexity index is 799. The highest BCUT2D eigenvalue weighted by atomic mass is 16.5. The third-order valence-electron chi connectivity index (χ3n) is 3.13. The van der Waals surface area contributed by atoms with Crippen molar-refractivity contribution >= 4 is 16.7 Å². The second kappa shape index (κ2) is 5.63. The van der Waals surface area contributed by atoms with Crippen LogP contribution in [0.25, 0.3) is 10.8 Å². The molecule has 0 atom stereocenters. The molecule has 1 heterocycles. The summed E-state index contributed by atoms with van der Waals surface area (Å²) < 4.78 is 5.68. The second-order valence-electron chi connectivity index (χ2n) is 4.62. The Hall–Kier alpha value is -2.88. The van der Waals surface area contributed by atoms with E-state index in [9.17, 15) is 4.79 Å². The van der Waals surface area contributed by atoms with Crippen molar-refractivity contribution in [3.63, 3.8) is 0 Å². The number of nitrogens with zero attached hydrogens (tertiary/aromatic N) is 1. The standard InChI is InChI=1S/C17H13NO3/c19-17(20)16-7-3-6-14(18-16)11-21-15-9-8-12-4-1-2-5-13(12)10-15/h1-10H,11H2,(H,19,20). The number of fused-ring (bicyclic) bond motifs is 1. The van der Waals surface area contributed by atoms with Gasteiger partial charge in [0.05, 0.1) is 5.69 Å². The Kier molecular flexibility index (Phi) is 3.51. The van der Waals surface area contributed by atoms with Crippen LogP contribution in [0.5, 0.6) is 5.75 Å². The fourth-order valence-electron chi connectivity index (χ4n) is 2.09. The molecule has 0 unspecified atom stereocenters. The van der Waals surface area contributed by atoms with E-state index in [0.29, 0.717) is 5.69 Å². The average molecular weight is 279 g/mol. The van der Waals surface area contributed by atoms with Gasteiger partial charge in [0, 0.05) is 0 Å². The van der Waals surface area contributed by atoms with Gasteiger partial charge in [0.15, 0.2) is 0 Å². The van der Waals surface area contributed by atoms with E-state index in [2.05, 4.69) is 4.98 Å². The van der Waals surface area contributed by atoms with Crippen LogP contribution in [0, 0.1) is 0 Å². The molecule has 0 saturated heterocycles. The fraction of sp³-hybridized carbons (Fsp3) is 0.0588. The lowest BCUT2D eigenvalue weighted by Gasteiger charge is -2.07. The molecule has 104 valence electrons. The smallest absolute Gasteiger partial charge is 0.354 e. The van der Waals surface area contributed by atoms with Crippen molar-refractivity contribution < 1.29 is 14.6 Å². The molecule has 0 amide bonds. The lowest BCUT2D eigenvalue weighted by Crippen LogP contribution is -2.04. The molecule has 0 aliphatic rings. The molecule has 4 heteroatoms. The number of carbonyl (C=O) groups is 1. The normalized spacial score (nSPS) is 10.5. The SMILES string of the molecule is O=C(O)c1cccc(COc2ccc3ccccc3c2)n1. The minimum Gasteiger partial charge on any atom is -0.487 e. The van der Waals surface area contributed by atoms with Crippen LogP contribution in [-0.2, 0) is 6.61 Å². The number of carboxylic acid groups (broad SMARTS) is 1. The van der Waals surface area contributed by atoms with Crippen molar-refractivity contribution in [2.75, 3.05) is 0 Å². The average Bonchev–Trinajstić information content (AvgIpc) is 2.53. The molecule has 0 fully saturated rings. The molecule has 4 nitrogen and oxygen atoms in total. The molecule has 3 aromatic rings. The van der Waals surface area contributed by atoms with Gasteiger partial charge < -0.3 is 9.84 Å². The topological polar surface area (TPSA) is 59.4 Å². The summed E-state index contributed by atoms with van der Waals surface area (Å²) in [4.78, 5) is 14.9. The Morgan fingerprint density at radius 2 is 1.81 bits per heavy atom. The number of benzene rings is 2. The third-order valence-corrected chi connectivity index (χ3v) is 3.13. The first-order valence-electron chi connectivity index (χ1n) is 6.53. The van der Waals surface area contributed by atoms with Crippen LogP contribution in [0.4, 0.5) is 0 Å². The Morgan fingerprint density at radius 1 is 1.00 bits per heavy atom. The number of hydrogen-bond acceptors (Lipinski definition) is 3. The van der Waals surface area contributed by atoms with E-state index in [1.165, 1.54) is 6.07 Å². The number of aromatic carboxylic acids is 1.